The third-order valence-electron chi connectivity index (χ3n) is 6.25. The Morgan fingerprint density at radius 1 is 0.900 bits per heavy atom. The maximum absolute atomic E-state index is 12.9. The molecule has 0 bridgehead atoms. The van der Waals surface area contributed by atoms with Gasteiger partial charge in [0.25, 0.3) is 0 Å². The largest absolute Gasteiger partial charge is 0.487 e. The minimum Gasteiger partial charge on any atom is -0.487 e. The van der Waals surface area contributed by atoms with Gasteiger partial charge in [0, 0.05) is 12.0 Å². The van der Waals surface area contributed by atoms with Crippen LogP contribution >= 0.6 is 0 Å². The van der Waals surface area contributed by atoms with Crippen LogP contribution in [0, 0.1) is 0 Å². The molecular formula is C27H29NO2. The normalized spacial score (nSPS) is 16.9. The Kier molecular flexibility index (Phi) is 5.89. The van der Waals surface area contributed by atoms with E-state index in [2.05, 4.69) is 49.5 Å². The van der Waals surface area contributed by atoms with Gasteiger partial charge in [-0.1, -0.05) is 86.6 Å². The van der Waals surface area contributed by atoms with E-state index in [0.29, 0.717) is 6.42 Å². The van der Waals surface area contributed by atoms with Crippen molar-refractivity contribution in [2.75, 3.05) is 0 Å². The van der Waals surface area contributed by atoms with Crippen molar-refractivity contribution in [3.63, 3.8) is 0 Å². The summed E-state index contributed by atoms with van der Waals surface area (Å²) in [4.78, 5) is 12.9. The van der Waals surface area contributed by atoms with Crippen molar-refractivity contribution in [1.29, 1.82) is 0 Å². The minimum absolute atomic E-state index is 0.0223. The molecule has 1 unspecified atom stereocenters. The molecule has 1 amide bonds. The smallest absolute Gasteiger partial charge is 0.224 e. The molecule has 3 aromatic carbocycles. The molecule has 154 valence electrons. The Labute approximate surface area is 179 Å². The first-order valence-electron chi connectivity index (χ1n) is 10.8. The second kappa shape index (κ2) is 8.74. The monoisotopic (exact) mass is 399 g/mol. The summed E-state index contributed by atoms with van der Waals surface area (Å²) in [5.74, 6) is 0.940. The average molecular weight is 400 g/mol. The number of hydrogen-bond donors (Lipinski definition) is 1. The summed E-state index contributed by atoms with van der Waals surface area (Å²) in [7, 11) is 0. The molecule has 3 aromatic rings. The van der Waals surface area contributed by atoms with Gasteiger partial charge in [0.05, 0.1) is 12.5 Å². The van der Waals surface area contributed by atoms with Crippen molar-refractivity contribution >= 4 is 5.91 Å². The summed E-state index contributed by atoms with van der Waals surface area (Å²) in [6.45, 7) is 4.31. The zero-order valence-corrected chi connectivity index (χ0v) is 17.7. The molecule has 1 atom stereocenters. The summed E-state index contributed by atoms with van der Waals surface area (Å²) in [6.07, 6.45) is 3.02. The standard InChI is InChI=1S/C27H29NO2/c1-3-27(4-2)19-24(23-12-8-9-13-25(23)30-27)28-26(29)18-20-14-16-22(17-15-20)21-10-6-5-7-11-21/h5-17,24H,3-4,18-19H2,1-2H3,(H,28,29). The highest BCUT2D eigenvalue weighted by Crippen LogP contribution is 2.42. The summed E-state index contributed by atoms with van der Waals surface area (Å²) in [5.41, 5.74) is 4.22. The third kappa shape index (κ3) is 4.25. The maximum atomic E-state index is 12.9. The fraction of sp³-hybridized carbons (Fsp3) is 0.296. The minimum atomic E-state index is -0.219. The van der Waals surface area contributed by atoms with E-state index in [1.807, 2.05) is 48.5 Å². The fourth-order valence-corrected chi connectivity index (χ4v) is 4.31. The summed E-state index contributed by atoms with van der Waals surface area (Å²) in [6, 6.07) is 26.6. The van der Waals surface area contributed by atoms with E-state index in [1.54, 1.807) is 0 Å². The van der Waals surface area contributed by atoms with Crippen LogP contribution in [0.15, 0.2) is 78.9 Å². The van der Waals surface area contributed by atoms with Gasteiger partial charge in [-0.15, -0.1) is 0 Å². The van der Waals surface area contributed by atoms with Gasteiger partial charge in [0.2, 0.25) is 5.91 Å². The van der Waals surface area contributed by atoms with Crippen LogP contribution in [0.4, 0.5) is 0 Å². The molecule has 3 heteroatoms. The molecule has 0 saturated heterocycles. The predicted octanol–water partition coefficient (Wildman–Crippen LogP) is 6.09. The van der Waals surface area contributed by atoms with E-state index < -0.39 is 0 Å². The lowest BCUT2D eigenvalue weighted by molar-refractivity contribution is -0.121. The first-order chi connectivity index (χ1) is 14.6. The highest BCUT2D eigenvalue weighted by molar-refractivity contribution is 5.79. The van der Waals surface area contributed by atoms with Crippen LogP contribution in [0.5, 0.6) is 5.75 Å². The number of hydrogen-bond acceptors (Lipinski definition) is 2. The number of fused-ring (bicyclic) bond motifs is 1. The topological polar surface area (TPSA) is 38.3 Å². The molecule has 1 aliphatic heterocycles. The van der Waals surface area contributed by atoms with Gasteiger partial charge < -0.3 is 10.1 Å². The van der Waals surface area contributed by atoms with Gasteiger partial charge in [-0.2, -0.15) is 0 Å². The molecule has 0 spiro atoms. The van der Waals surface area contributed by atoms with Crippen LogP contribution in [0.2, 0.25) is 0 Å². The molecule has 1 aliphatic rings. The van der Waals surface area contributed by atoms with Gasteiger partial charge in [-0.25, -0.2) is 0 Å². The summed E-state index contributed by atoms with van der Waals surface area (Å²) >= 11 is 0. The zero-order valence-electron chi connectivity index (χ0n) is 17.7. The number of ether oxygens (including phenoxy) is 1. The predicted molar refractivity (Wildman–Crippen MR) is 121 cm³/mol. The van der Waals surface area contributed by atoms with Crippen molar-refractivity contribution in [2.45, 2.75) is 51.2 Å². The van der Waals surface area contributed by atoms with Crippen LogP contribution in [-0.2, 0) is 11.2 Å². The van der Waals surface area contributed by atoms with Gasteiger partial charge in [-0.3, -0.25) is 4.79 Å². The Balaban J connectivity index is 1.47. The van der Waals surface area contributed by atoms with Crippen molar-refractivity contribution in [3.8, 4) is 16.9 Å². The van der Waals surface area contributed by atoms with Gasteiger partial charge in [0.1, 0.15) is 11.4 Å². The summed E-state index contributed by atoms with van der Waals surface area (Å²) in [5, 5.41) is 3.27. The second-order valence-electron chi connectivity index (χ2n) is 8.09. The van der Waals surface area contributed by atoms with E-state index >= 15 is 0 Å². The zero-order chi connectivity index (χ0) is 21.0. The fourth-order valence-electron chi connectivity index (χ4n) is 4.31. The SMILES string of the molecule is CCC1(CC)CC(NC(=O)Cc2ccc(-c3ccccc3)cc2)c2ccccc2O1. The number of rotatable bonds is 6. The number of carbonyl (C=O) groups is 1. The highest BCUT2D eigenvalue weighted by atomic mass is 16.5. The molecule has 1 heterocycles. The van der Waals surface area contributed by atoms with E-state index in [-0.39, 0.29) is 17.6 Å². The molecular weight excluding hydrogens is 370 g/mol. The summed E-state index contributed by atoms with van der Waals surface area (Å²) < 4.78 is 6.35. The molecule has 0 aromatic heterocycles. The number of carbonyl (C=O) groups excluding carboxylic acids is 1. The number of para-hydroxylation sites is 1. The van der Waals surface area contributed by atoms with Crippen molar-refractivity contribution < 1.29 is 9.53 Å². The quantitative estimate of drug-likeness (QED) is 0.544. The molecule has 3 nitrogen and oxygen atoms in total. The highest BCUT2D eigenvalue weighted by Gasteiger charge is 2.38. The number of benzene rings is 3. The third-order valence-corrected chi connectivity index (χ3v) is 6.25. The van der Waals surface area contributed by atoms with Gasteiger partial charge >= 0.3 is 0 Å². The molecule has 0 saturated carbocycles. The van der Waals surface area contributed by atoms with Crippen LogP contribution in [0.3, 0.4) is 0 Å². The van der Waals surface area contributed by atoms with Crippen LogP contribution < -0.4 is 10.1 Å². The molecule has 0 radical (unpaired) electrons. The second-order valence-corrected chi connectivity index (χ2v) is 8.09. The van der Waals surface area contributed by atoms with Gasteiger partial charge in [0.15, 0.2) is 0 Å². The first-order valence-corrected chi connectivity index (χ1v) is 10.8. The van der Waals surface area contributed by atoms with Crippen molar-refractivity contribution in [3.05, 3.63) is 90.0 Å². The molecule has 0 fully saturated rings. The van der Waals surface area contributed by atoms with E-state index in [9.17, 15) is 4.79 Å². The number of nitrogens with one attached hydrogen (secondary N) is 1. The first kappa shape index (κ1) is 20.2. The Morgan fingerprint density at radius 3 is 2.23 bits per heavy atom. The Hall–Kier alpha value is -3.07. The van der Waals surface area contributed by atoms with Crippen molar-refractivity contribution in [2.24, 2.45) is 0 Å². The Morgan fingerprint density at radius 2 is 1.53 bits per heavy atom. The lowest BCUT2D eigenvalue weighted by atomic mass is 9.83. The van der Waals surface area contributed by atoms with E-state index in [1.165, 1.54) is 5.56 Å². The lowest BCUT2D eigenvalue weighted by Crippen LogP contribution is -2.44. The van der Waals surface area contributed by atoms with Crippen LogP contribution in [0.25, 0.3) is 11.1 Å². The van der Waals surface area contributed by atoms with Gasteiger partial charge in [-0.05, 0) is 35.6 Å². The maximum Gasteiger partial charge on any atom is 0.224 e. The van der Waals surface area contributed by atoms with E-state index in [4.69, 9.17) is 4.74 Å². The lowest BCUT2D eigenvalue weighted by Gasteiger charge is -2.41. The molecule has 30 heavy (non-hydrogen) atoms. The van der Waals surface area contributed by atoms with E-state index in [0.717, 1.165) is 41.7 Å². The van der Waals surface area contributed by atoms with Crippen LogP contribution in [-0.4, -0.2) is 11.5 Å². The molecule has 4 rings (SSSR count). The molecule has 0 aliphatic carbocycles. The van der Waals surface area contributed by atoms with Crippen molar-refractivity contribution in [1.82, 2.24) is 5.32 Å². The average Bonchev–Trinajstić information content (AvgIpc) is 2.80. The Bertz CT molecular complexity index is 991. The molecule has 1 N–H and O–H groups in total. The van der Waals surface area contributed by atoms with Crippen LogP contribution in [0.1, 0.15) is 50.3 Å². The number of amides is 1.